The van der Waals surface area contributed by atoms with Crippen molar-refractivity contribution in [1.29, 1.82) is 0 Å². The first-order chi connectivity index (χ1) is 16.8. The second-order valence-electron chi connectivity index (χ2n) is 8.72. The topological polar surface area (TPSA) is 72.2 Å². The Morgan fingerprint density at radius 3 is 2.31 bits per heavy atom. The first-order valence-electron chi connectivity index (χ1n) is 11.8. The fourth-order valence-corrected chi connectivity index (χ4v) is 5.25. The molecule has 0 saturated heterocycles. The van der Waals surface area contributed by atoms with Crippen LogP contribution in [-0.2, 0) is 17.8 Å². The Hall–Kier alpha value is -3.58. The summed E-state index contributed by atoms with van der Waals surface area (Å²) in [5.74, 6) is 1.80. The number of hydrogen-bond acceptors (Lipinski definition) is 5. The number of fused-ring (bicyclic) bond motifs is 3. The Bertz CT molecular complexity index is 1380. The van der Waals surface area contributed by atoms with E-state index in [4.69, 9.17) is 4.99 Å². The van der Waals surface area contributed by atoms with E-state index in [2.05, 4.69) is 65.1 Å². The summed E-state index contributed by atoms with van der Waals surface area (Å²) in [5.41, 5.74) is 8.16. The molecule has 0 aliphatic carbocycles. The Balaban J connectivity index is 0.000000221. The highest BCUT2D eigenvalue weighted by Crippen LogP contribution is 2.36. The lowest BCUT2D eigenvalue weighted by molar-refractivity contribution is -0.114. The maximum atomic E-state index is 10.6. The van der Waals surface area contributed by atoms with E-state index in [1.54, 1.807) is 11.3 Å². The summed E-state index contributed by atoms with van der Waals surface area (Å²) >= 11 is 1.80. The molecule has 35 heavy (non-hydrogen) atoms. The van der Waals surface area contributed by atoms with Gasteiger partial charge in [-0.1, -0.05) is 48.9 Å². The number of hydrogen-bond donors (Lipinski definition) is 1. The number of nitrogens with zero attached hydrogens (tertiary/aromatic N) is 4. The molecule has 0 bridgehead atoms. The molecule has 0 spiro atoms. The number of carbonyl (C=O) groups is 1. The maximum absolute atomic E-state index is 10.6. The minimum Gasteiger partial charge on any atom is -0.326 e. The van der Waals surface area contributed by atoms with Gasteiger partial charge in [0.1, 0.15) is 17.4 Å². The fraction of sp³-hybridized carbons (Fsp3) is 0.286. The van der Waals surface area contributed by atoms with Crippen LogP contribution >= 0.6 is 11.3 Å². The van der Waals surface area contributed by atoms with Gasteiger partial charge < -0.3 is 5.32 Å². The van der Waals surface area contributed by atoms with Crippen molar-refractivity contribution < 1.29 is 4.79 Å². The van der Waals surface area contributed by atoms with Crippen molar-refractivity contribution in [1.82, 2.24) is 14.8 Å². The van der Waals surface area contributed by atoms with Crippen LogP contribution in [0.4, 0.5) is 5.69 Å². The van der Waals surface area contributed by atoms with Crippen molar-refractivity contribution in [2.24, 2.45) is 4.99 Å². The molecule has 0 saturated carbocycles. The Kier molecular flexibility index (Phi) is 7.26. The third kappa shape index (κ3) is 5.25. The van der Waals surface area contributed by atoms with Gasteiger partial charge in [0, 0.05) is 28.6 Å². The zero-order chi connectivity index (χ0) is 25.1. The zero-order valence-electron chi connectivity index (χ0n) is 21.1. The number of aliphatic imine (C=N–C) groups is 1. The predicted molar refractivity (Wildman–Crippen MR) is 144 cm³/mol. The van der Waals surface area contributed by atoms with E-state index in [1.807, 2.05) is 38.1 Å². The van der Waals surface area contributed by atoms with Crippen molar-refractivity contribution in [3.8, 4) is 5.00 Å². The number of carbonyl (C=O) groups excluding carboxylic acids is 1. The van der Waals surface area contributed by atoms with Gasteiger partial charge in [0.15, 0.2) is 5.82 Å². The van der Waals surface area contributed by atoms with Crippen LogP contribution in [0.3, 0.4) is 0 Å². The van der Waals surface area contributed by atoms with Crippen LogP contribution in [0.15, 0.2) is 53.5 Å². The van der Waals surface area contributed by atoms with Crippen molar-refractivity contribution in [3.63, 3.8) is 0 Å². The molecule has 0 fully saturated rings. The highest BCUT2D eigenvalue weighted by atomic mass is 32.1. The van der Waals surface area contributed by atoms with E-state index in [0.717, 1.165) is 29.5 Å². The molecular weight excluding hydrogens is 454 g/mol. The van der Waals surface area contributed by atoms with Crippen LogP contribution in [-0.4, -0.2) is 26.4 Å². The first kappa shape index (κ1) is 24.5. The molecule has 6 nitrogen and oxygen atoms in total. The van der Waals surface area contributed by atoms with Crippen molar-refractivity contribution in [2.45, 2.75) is 54.5 Å². The number of benzene rings is 2. The molecule has 180 valence electrons. The Morgan fingerprint density at radius 2 is 1.69 bits per heavy atom. The van der Waals surface area contributed by atoms with Gasteiger partial charge in [-0.25, -0.2) is 0 Å². The molecule has 1 aliphatic heterocycles. The normalized spacial score (nSPS) is 12.0. The van der Waals surface area contributed by atoms with Gasteiger partial charge in [-0.3, -0.25) is 14.4 Å². The van der Waals surface area contributed by atoms with Crippen LogP contribution in [0.5, 0.6) is 0 Å². The van der Waals surface area contributed by atoms with Crippen molar-refractivity contribution in [2.75, 3.05) is 5.32 Å². The van der Waals surface area contributed by atoms with E-state index in [0.29, 0.717) is 6.54 Å². The van der Waals surface area contributed by atoms with Crippen LogP contribution in [0.25, 0.3) is 5.00 Å². The van der Waals surface area contributed by atoms with Crippen LogP contribution in [0.2, 0.25) is 0 Å². The van der Waals surface area contributed by atoms with Crippen LogP contribution in [0, 0.1) is 27.7 Å². The SMILES string of the molecule is CC(=O)Nc1ccc(C)cc1.CCc1ccc(C2=NCc3nnc(C)n3-c3sc(C)c(C)c32)cc1. The third-order valence-electron chi connectivity index (χ3n) is 6.08. The smallest absolute Gasteiger partial charge is 0.221 e. The van der Waals surface area contributed by atoms with Gasteiger partial charge in [0.05, 0.1) is 5.71 Å². The first-order valence-corrected chi connectivity index (χ1v) is 12.6. The molecule has 1 aliphatic rings. The number of rotatable bonds is 3. The van der Waals surface area contributed by atoms with Gasteiger partial charge in [-0.15, -0.1) is 21.5 Å². The largest absolute Gasteiger partial charge is 0.326 e. The summed E-state index contributed by atoms with van der Waals surface area (Å²) in [4.78, 5) is 16.8. The summed E-state index contributed by atoms with van der Waals surface area (Å²) in [7, 11) is 0. The van der Waals surface area contributed by atoms with Crippen LogP contribution in [0.1, 0.15) is 58.2 Å². The molecule has 4 aromatic rings. The van der Waals surface area contributed by atoms with Gasteiger partial charge >= 0.3 is 0 Å². The summed E-state index contributed by atoms with van der Waals surface area (Å²) < 4.78 is 2.16. The van der Waals surface area contributed by atoms with Crippen molar-refractivity contribution >= 4 is 28.6 Å². The average Bonchev–Trinajstić information content (AvgIpc) is 3.29. The number of aromatic nitrogens is 3. The zero-order valence-corrected chi connectivity index (χ0v) is 22.0. The lowest BCUT2D eigenvalue weighted by Crippen LogP contribution is -2.07. The molecule has 2 aromatic heterocycles. The van der Waals surface area contributed by atoms with E-state index in [-0.39, 0.29) is 5.91 Å². The second-order valence-corrected chi connectivity index (χ2v) is 9.93. The third-order valence-corrected chi connectivity index (χ3v) is 7.28. The lowest BCUT2D eigenvalue weighted by Gasteiger charge is -2.09. The monoisotopic (exact) mass is 485 g/mol. The molecule has 0 radical (unpaired) electrons. The maximum Gasteiger partial charge on any atom is 0.221 e. The summed E-state index contributed by atoms with van der Waals surface area (Å²) in [5, 5.41) is 12.5. The molecule has 1 amide bonds. The number of amides is 1. The Morgan fingerprint density at radius 1 is 1.00 bits per heavy atom. The molecule has 2 aromatic carbocycles. The van der Waals surface area contributed by atoms with Crippen LogP contribution < -0.4 is 5.32 Å². The fourth-order valence-electron chi connectivity index (χ4n) is 4.02. The standard InChI is InChI=1S/C19H20N4S.C9H11NO/c1-5-14-6-8-15(9-7-14)18-17-11(2)12(3)24-19(17)23-13(4)21-22-16(23)10-20-18;1-7-3-5-9(6-4-7)10-8(2)11/h6-9H,5,10H2,1-4H3;3-6H,1-2H3,(H,10,11). The minimum atomic E-state index is -0.0335. The van der Waals surface area contributed by atoms with Gasteiger partial charge in [-0.05, 0) is 57.4 Å². The van der Waals surface area contributed by atoms with Gasteiger partial charge in [0.2, 0.25) is 5.91 Å². The van der Waals surface area contributed by atoms with E-state index in [9.17, 15) is 4.79 Å². The molecule has 0 unspecified atom stereocenters. The molecule has 1 N–H and O–H groups in total. The Labute approximate surface area is 210 Å². The van der Waals surface area contributed by atoms with Gasteiger partial charge in [-0.2, -0.15) is 0 Å². The minimum absolute atomic E-state index is 0.0335. The summed E-state index contributed by atoms with van der Waals surface area (Å²) in [6.07, 6.45) is 1.05. The van der Waals surface area contributed by atoms with E-state index >= 15 is 0 Å². The predicted octanol–water partition coefficient (Wildman–Crippen LogP) is 6.12. The van der Waals surface area contributed by atoms with Gasteiger partial charge in [0.25, 0.3) is 0 Å². The lowest BCUT2D eigenvalue weighted by atomic mass is 9.98. The quantitative estimate of drug-likeness (QED) is 0.380. The average molecular weight is 486 g/mol. The van der Waals surface area contributed by atoms with Crippen molar-refractivity contribution in [3.05, 3.63) is 92.9 Å². The molecular formula is C28H31N5OS. The highest BCUT2D eigenvalue weighted by Gasteiger charge is 2.26. The number of aryl methyl sites for hydroxylation is 4. The highest BCUT2D eigenvalue weighted by molar-refractivity contribution is 7.15. The molecule has 7 heteroatoms. The second kappa shape index (κ2) is 10.4. The molecule has 0 atom stereocenters. The number of anilines is 1. The number of thiophene rings is 1. The summed E-state index contributed by atoms with van der Waals surface area (Å²) in [6, 6.07) is 16.5. The number of nitrogens with one attached hydrogen (secondary N) is 1. The molecule has 3 heterocycles. The summed E-state index contributed by atoms with van der Waals surface area (Å²) in [6.45, 7) is 12.6. The molecule has 5 rings (SSSR count). The van der Waals surface area contributed by atoms with E-state index in [1.165, 1.54) is 44.6 Å². The van der Waals surface area contributed by atoms with E-state index < -0.39 is 0 Å².